The zero-order valence-electron chi connectivity index (χ0n) is 13.5. The highest BCUT2D eigenvalue weighted by atomic mass is 15.1. The normalized spacial score (nSPS) is 18.5. The van der Waals surface area contributed by atoms with Crippen molar-refractivity contribution < 1.29 is 0 Å². The number of imidazole rings is 1. The number of hydrogen-bond donors (Lipinski definition) is 1. The van der Waals surface area contributed by atoms with E-state index in [0.29, 0.717) is 12.0 Å². The molecule has 1 unspecified atom stereocenters. The minimum Gasteiger partial charge on any atom is -0.399 e. The van der Waals surface area contributed by atoms with Crippen LogP contribution in [0.5, 0.6) is 0 Å². The van der Waals surface area contributed by atoms with Gasteiger partial charge in [-0.2, -0.15) is 0 Å². The Morgan fingerprint density at radius 3 is 2.52 bits per heavy atom. The van der Waals surface area contributed by atoms with E-state index in [9.17, 15) is 0 Å². The molecule has 1 atom stereocenters. The summed E-state index contributed by atoms with van der Waals surface area (Å²) in [4.78, 5) is 4.87. The van der Waals surface area contributed by atoms with E-state index >= 15 is 0 Å². The van der Waals surface area contributed by atoms with Gasteiger partial charge in [-0.3, -0.25) is 0 Å². The summed E-state index contributed by atoms with van der Waals surface area (Å²) in [5, 5.41) is 0. The molecule has 114 valence electrons. The third kappa shape index (κ3) is 2.66. The van der Waals surface area contributed by atoms with Gasteiger partial charge in [0.05, 0.1) is 11.0 Å². The first kappa shape index (κ1) is 14.4. The van der Waals surface area contributed by atoms with Gasteiger partial charge in [0.2, 0.25) is 0 Å². The molecule has 1 fully saturated rings. The van der Waals surface area contributed by atoms with Crippen LogP contribution in [0, 0.1) is 5.92 Å². The fourth-order valence-corrected chi connectivity index (χ4v) is 3.80. The Balaban J connectivity index is 2.07. The van der Waals surface area contributed by atoms with Crippen LogP contribution in [0.2, 0.25) is 0 Å². The predicted octanol–water partition coefficient (Wildman–Crippen LogP) is 4.88. The molecule has 21 heavy (non-hydrogen) atoms. The average molecular weight is 285 g/mol. The first-order chi connectivity index (χ1) is 10.1. The summed E-state index contributed by atoms with van der Waals surface area (Å²) in [6.07, 6.45) is 6.87. The van der Waals surface area contributed by atoms with Gasteiger partial charge >= 0.3 is 0 Å². The van der Waals surface area contributed by atoms with Crippen molar-refractivity contribution in [3.8, 4) is 0 Å². The SMILES string of the molecule is CC(C)c1nc2cc(N)ccc2n1C(C)C1CCCCC1. The number of benzene rings is 1. The first-order valence-electron chi connectivity index (χ1n) is 8.35. The van der Waals surface area contributed by atoms with E-state index < -0.39 is 0 Å². The summed E-state index contributed by atoms with van der Waals surface area (Å²) < 4.78 is 2.48. The molecule has 1 heterocycles. The lowest BCUT2D eigenvalue weighted by molar-refractivity contribution is 0.263. The first-order valence-corrected chi connectivity index (χ1v) is 8.35. The van der Waals surface area contributed by atoms with Crippen molar-refractivity contribution in [2.45, 2.75) is 64.8 Å². The monoisotopic (exact) mass is 285 g/mol. The highest BCUT2D eigenvalue weighted by molar-refractivity contribution is 5.80. The average Bonchev–Trinajstić information content (AvgIpc) is 2.86. The van der Waals surface area contributed by atoms with Gasteiger partial charge in [-0.05, 0) is 43.9 Å². The maximum Gasteiger partial charge on any atom is 0.112 e. The highest BCUT2D eigenvalue weighted by Gasteiger charge is 2.25. The van der Waals surface area contributed by atoms with E-state index in [2.05, 4.69) is 31.4 Å². The quantitative estimate of drug-likeness (QED) is 0.816. The number of rotatable bonds is 3. The molecule has 1 saturated carbocycles. The topological polar surface area (TPSA) is 43.8 Å². The molecule has 0 radical (unpaired) electrons. The van der Waals surface area contributed by atoms with Crippen LogP contribution in [0.1, 0.15) is 70.7 Å². The molecule has 1 aliphatic rings. The maximum absolute atomic E-state index is 5.93. The van der Waals surface area contributed by atoms with E-state index in [1.54, 1.807) is 0 Å². The second-order valence-electron chi connectivity index (χ2n) is 6.88. The number of nitrogens with two attached hydrogens (primary N) is 1. The van der Waals surface area contributed by atoms with Crippen molar-refractivity contribution in [2.24, 2.45) is 5.92 Å². The van der Waals surface area contributed by atoms with Crippen LogP contribution >= 0.6 is 0 Å². The lowest BCUT2D eigenvalue weighted by atomic mass is 9.84. The van der Waals surface area contributed by atoms with Crippen LogP contribution in [-0.2, 0) is 0 Å². The maximum atomic E-state index is 5.93. The Hall–Kier alpha value is -1.51. The lowest BCUT2D eigenvalue weighted by Crippen LogP contribution is -2.21. The number of anilines is 1. The zero-order valence-corrected chi connectivity index (χ0v) is 13.5. The van der Waals surface area contributed by atoms with Gasteiger partial charge < -0.3 is 10.3 Å². The van der Waals surface area contributed by atoms with Crippen molar-refractivity contribution >= 4 is 16.7 Å². The molecule has 0 spiro atoms. The Morgan fingerprint density at radius 2 is 1.86 bits per heavy atom. The molecule has 1 aromatic carbocycles. The van der Waals surface area contributed by atoms with Gasteiger partial charge in [0.1, 0.15) is 5.82 Å². The molecule has 3 nitrogen and oxygen atoms in total. The van der Waals surface area contributed by atoms with Gasteiger partial charge in [0.15, 0.2) is 0 Å². The second-order valence-corrected chi connectivity index (χ2v) is 6.88. The largest absolute Gasteiger partial charge is 0.399 e. The van der Waals surface area contributed by atoms with Crippen LogP contribution in [-0.4, -0.2) is 9.55 Å². The summed E-state index contributed by atoms with van der Waals surface area (Å²) in [5.74, 6) is 2.42. The number of nitrogen functional groups attached to an aromatic ring is 1. The Labute approximate surface area is 127 Å². The van der Waals surface area contributed by atoms with Crippen molar-refractivity contribution in [2.75, 3.05) is 5.73 Å². The third-order valence-electron chi connectivity index (χ3n) is 5.00. The van der Waals surface area contributed by atoms with Gasteiger partial charge in [0.25, 0.3) is 0 Å². The van der Waals surface area contributed by atoms with Crippen molar-refractivity contribution in [3.05, 3.63) is 24.0 Å². The molecule has 3 rings (SSSR count). The van der Waals surface area contributed by atoms with Gasteiger partial charge in [-0.25, -0.2) is 4.98 Å². The van der Waals surface area contributed by atoms with E-state index in [1.807, 2.05) is 12.1 Å². The summed E-state index contributed by atoms with van der Waals surface area (Å²) in [5.41, 5.74) is 9.01. The third-order valence-corrected chi connectivity index (χ3v) is 5.00. The number of hydrogen-bond acceptors (Lipinski definition) is 2. The van der Waals surface area contributed by atoms with Gasteiger partial charge in [-0.15, -0.1) is 0 Å². The van der Waals surface area contributed by atoms with E-state index in [1.165, 1.54) is 43.4 Å². The Kier molecular flexibility index (Phi) is 3.92. The molecule has 2 N–H and O–H groups in total. The molecule has 0 bridgehead atoms. The molecule has 0 amide bonds. The van der Waals surface area contributed by atoms with E-state index in [-0.39, 0.29) is 0 Å². The standard InChI is InChI=1S/C18H27N3/c1-12(2)18-20-16-11-15(19)9-10-17(16)21(18)13(3)14-7-5-4-6-8-14/h9-14H,4-8,19H2,1-3H3. The smallest absolute Gasteiger partial charge is 0.112 e. The van der Waals surface area contributed by atoms with Crippen molar-refractivity contribution in [1.82, 2.24) is 9.55 Å². The number of nitrogens with zero attached hydrogens (tertiary/aromatic N) is 2. The fraction of sp³-hybridized carbons (Fsp3) is 0.611. The van der Waals surface area contributed by atoms with Crippen LogP contribution in [0.25, 0.3) is 11.0 Å². The second kappa shape index (κ2) is 5.70. The van der Waals surface area contributed by atoms with E-state index in [4.69, 9.17) is 10.7 Å². The lowest BCUT2D eigenvalue weighted by Gasteiger charge is -2.30. The van der Waals surface area contributed by atoms with Crippen molar-refractivity contribution in [1.29, 1.82) is 0 Å². The van der Waals surface area contributed by atoms with Crippen LogP contribution in [0.15, 0.2) is 18.2 Å². The van der Waals surface area contributed by atoms with Crippen LogP contribution < -0.4 is 5.73 Å². The molecule has 3 heteroatoms. The molecule has 1 aliphatic carbocycles. The molecule has 1 aromatic heterocycles. The summed E-state index contributed by atoms with van der Waals surface area (Å²) >= 11 is 0. The van der Waals surface area contributed by atoms with Gasteiger partial charge in [-0.1, -0.05) is 33.1 Å². The highest BCUT2D eigenvalue weighted by Crippen LogP contribution is 2.36. The molecule has 0 saturated heterocycles. The molecular weight excluding hydrogens is 258 g/mol. The molecular formula is C18H27N3. The summed E-state index contributed by atoms with van der Waals surface area (Å²) in [7, 11) is 0. The molecule has 2 aromatic rings. The zero-order chi connectivity index (χ0) is 15.0. The fourth-order valence-electron chi connectivity index (χ4n) is 3.80. The van der Waals surface area contributed by atoms with Crippen LogP contribution in [0.4, 0.5) is 5.69 Å². The number of fused-ring (bicyclic) bond motifs is 1. The molecule has 0 aliphatic heterocycles. The van der Waals surface area contributed by atoms with Gasteiger partial charge in [0, 0.05) is 17.6 Å². The van der Waals surface area contributed by atoms with Crippen molar-refractivity contribution in [3.63, 3.8) is 0 Å². The number of aromatic nitrogens is 2. The predicted molar refractivity (Wildman–Crippen MR) is 89.5 cm³/mol. The summed E-state index contributed by atoms with van der Waals surface area (Å²) in [6, 6.07) is 6.67. The Bertz CT molecular complexity index is 621. The van der Waals surface area contributed by atoms with Crippen LogP contribution in [0.3, 0.4) is 0 Å². The van der Waals surface area contributed by atoms with E-state index in [0.717, 1.165) is 17.1 Å². The minimum atomic E-state index is 0.435. The summed E-state index contributed by atoms with van der Waals surface area (Å²) in [6.45, 7) is 6.84. The Morgan fingerprint density at radius 1 is 1.14 bits per heavy atom. The minimum absolute atomic E-state index is 0.435.